The van der Waals surface area contributed by atoms with Crippen LogP contribution in [0.4, 0.5) is 13.2 Å². The molecule has 1 rings (SSSR count). The zero-order chi connectivity index (χ0) is 12.9. The van der Waals surface area contributed by atoms with Crippen LogP contribution in [0.5, 0.6) is 0 Å². The Morgan fingerprint density at radius 2 is 1.71 bits per heavy atom. The van der Waals surface area contributed by atoms with Crippen molar-refractivity contribution in [3.63, 3.8) is 0 Å². The molecular formula is C11H21F3N2O. The fraction of sp³-hybridized carbons (Fsp3) is 1.00. The summed E-state index contributed by atoms with van der Waals surface area (Å²) >= 11 is 0. The van der Waals surface area contributed by atoms with E-state index in [-0.39, 0.29) is 6.10 Å². The monoisotopic (exact) mass is 254 g/mol. The first-order valence-corrected chi connectivity index (χ1v) is 6.10. The Morgan fingerprint density at radius 1 is 1.12 bits per heavy atom. The van der Waals surface area contributed by atoms with Crippen molar-refractivity contribution in [2.24, 2.45) is 0 Å². The average Bonchev–Trinajstić information content (AvgIpc) is 2.42. The van der Waals surface area contributed by atoms with Gasteiger partial charge in [-0.3, -0.25) is 9.80 Å². The van der Waals surface area contributed by atoms with Gasteiger partial charge in [-0.25, -0.2) is 0 Å². The molecule has 6 heteroatoms. The van der Waals surface area contributed by atoms with E-state index in [1.807, 2.05) is 11.8 Å². The van der Waals surface area contributed by atoms with Gasteiger partial charge in [0.2, 0.25) is 0 Å². The van der Waals surface area contributed by atoms with Gasteiger partial charge in [-0.2, -0.15) is 13.2 Å². The summed E-state index contributed by atoms with van der Waals surface area (Å²) in [4.78, 5) is 3.49. The Kier molecular flexibility index (Phi) is 5.69. The van der Waals surface area contributed by atoms with Crippen molar-refractivity contribution < 1.29 is 18.3 Å². The van der Waals surface area contributed by atoms with Crippen LogP contribution in [0.3, 0.4) is 0 Å². The van der Waals surface area contributed by atoms with Crippen LogP contribution in [-0.4, -0.2) is 66.5 Å². The zero-order valence-corrected chi connectivity index (χ0v) is 10.2. The predicted octanol–water partition coefficient (Wildman–Crippen LogP) is 1.33. The minimum atomic E-state index is -4.11. The highest BCUT2D eigenvalue weighted by Gasteiger charge is 2.31. The minimum Gasteiger partial charge on any atom is -0.392 e. The molecule has 102 valence electrons. The van der Waals surface area contributed by atoms with E-state index in [2.05, 4.69) is 0 Å². The van der Waals surface area contributed by atoms with Gasteiger partial charge in [0.15, 0.2) is 0 Å². The van der Waals surface area contributed by atoms with Gasteiger partial charge >= 0.3 is 6.18 Å². The summed E-state index contributed by atoms with van der Waals surface area (Å²) in [6.45, 7) is 3.93. The van der Waals surface area contributed by atoms with Crippen LogP contribution in [0, 0.1) is 0 Å². The largest absolute Gasteiger partial charge is 0.401 e. The summed E-state index contributed by atoms with van der Waals surface area (Å²) in [5.74, 6) is 0. The molecule has 17 heavy (non-hydrogen) atoms. The molecule has 0 amide bonds. The smallest absolute Gasteiger partial charge is 0.392 e. The molecule has 1 aliphatic rings. The number of aliphatic hydroxyl groups is 1. The van der Waals surface area contributed by atoms with Crippen LogP contribution in [0.15, 0.2) is 0 Å². The maximum atomic E-state index is 12.2. The van der Waals surface area contributed by atoms with Crippen LogP contribution in [-0.2, 0) is 0 Å². The molecular weight excluding hydrogens is 233 g/mol. The number of β-amino-alcohol motifs (C(OH)–C–C–N with tert-alkyl or cyclic N) is 1. The first kappa shape index (κ1) is 14.7. The highest BCUT2D eigenvalue weighted by molar-refractivity contribution is 4.73. The van der Waals surface area contributed by atoms with Gasteiger partial charge in [0, 0.05) is 19.6 Å². The lowest BCUT2D eigenvalue weighted by molar-refractivity contribution is -0.145. The summed E-state index contributed by atoms with van der Waals surface area (Å²) in [6, 6.07) is 0. The minimum absolute atomic E-state index is 0.371. The first-order chi connectivity index (χ1) is 7.90. The summed E-state index contributed by atoms with van der Waals surface area (Å²) in [5.41, 5.74) is 0. The summed E-state index contributed by atoms with van der Waals surface area (Å²) in [5, 5.41) is 9.52. The molecule has 0 bridgehead atoms. The third-order valence-corrected chi connectivity index (χ3v) is 3.02. The Balaban J connectivity index is 2.34. The van der Waals surface area contributed by atoms with E-state index in [0.29, 0.717) is 32.6 Å². The van der Waals surface area contributed by atoms with Crippen molar-refractivity contribution in [1.29, 1.82) is 0 Å². The highest BCUT2D eigenvalue weighted by atomic mass is 19.4. The molecule has 0 unspecified atom stereocenters. The number of hydrogen-bond acceptors (Lipinski definition) is 3. The van der Waals surface area contributed by atoms with E-state index in [9.17, 15) is 18.3 Å². The second-order valence-electron chi connectivity index (χ2n) is 4.61. The molecule has 0 aliphatic carbocycles. The molecule has 1 N–H and O–H groups in total. The number of nitrogens with zero attached hydrogens (tertiary/aromatic N) is 2. The topological polar surface area (TPSA) is 26.7 Å². The maximum absolute atomic E-state index is 12.2. The molecule has 0 aromatic rings. The summed E-state index contributed by atoms with van der Waals surface area (Å²) in [6.07, 6.45) is -3.07. The van der Waals surface area contributed by atoms with Gasteiger partial charge in [-0.05, 0) is 25.9 Å². The Morgan fingerprint density at radius 3 is 2.29 bits per heavy atom. The third kappa shape index (κ3) is 6.24. The van der Waals surface area contributed by atoms with E-state index in [0.717, 1.165) is 13.0 Å². The SMILES string of the molecule is CC[C@@H](O)CN1CCCN(CC(F)(F)F)CC1. The van der Waals surface area contributed by atoms with E-state index < -0.39 is 12.7 Å². The number of hydrogen-bond donors (Lipinski definition) is 1. The maximum Gasteiger partial charge on any atom is 0.401 e. The van der Waals surface area contributed by atoms with Crippen LogP contribution in [0.1, 0.15) is 19.8 Å². The average molecular weight is 254 g/mol. The zero-order valence-electron chi connectivity index (χ0n) is 10.2. The van der Waals surface area contributed by atoms with Crippen LogP contribution < -0.4 is 0 Å². The Bertz CT molecular complexity index is 223. The molecule has 1 fully saturated rings. The molecule has 1 heterocycles. The lowest BCUT2D eigenvalue weighted by atomic mass is 10.2. The van der Waals surface area contributed by atoms with E-state index in [1.54, 1.807) is 0 Å². The second-order valence-corrected chi connectivity index (χ2v) is 4.61. The lowest BCUT2D eigenvalue weighted by Gasteiger charge is -2.23. The van der Waals surface area contributed by atoms with Gasteiger partial charge in [0.25, 0.3) is 0 Å². The molecule has 3 nitrogen and oxygen atoms in total. The highest BCUT2D eigenvalue weighted by Crippen LogP contribution is 2.17. The number of halogens is 3. The molecule has 0 saturated carbocycles. The third-order valence-electron chi connectivity index (χ3n) is 3.02. The van der Waals surface area contributed by atoms with Gasteiger partial charge in [-0.15, -0.1) is 0 Å². The van der Waals surface area contributed by atoms with Gasteiger partial charge in [0.05, 0.1) is 12.6 Å². The van der Waals surface area contributed by atoms with Crippen molar-refractivity contribution in [2.75, 3.05) is 39.3 Å². The summed E-state index contributed by atoms with van der Waals surface area (Å²) < 4.78 is 36.7. The van der Waals surface area contributed by atoms with E-state index in [4.69, 9.17) is 0 Å². The quantitative estimate of drug-likeness (QED) is 0.820. The standard InChI is InChI=1S/C11H21F3N2O/c1-2-10(17)8-15-4-3-5-16(7-6-15)9-11(12,13)14/h10,17H,2-9H2,1H3/t10-/m1/s1. The van der Waals surface area contributed by atoms with Gasteiger partial charge in [-0.1, -0.05) is 6.92 Å². The van der Waals surface area contributed by atoms with Crippen molar-refractivity contribution >= 4 is 0 Å². The molecule has 0 spiro atoms. The molecule has 1 saturated heterocycles. The Hall–Kier alpha value is -0.330. The molecule has 0 aromatic carbocycles. The lowest BCUT2D eigenvalue weighted by Crippen LogP contribution is -2.38. The predicted molar refractivity (Wildman–Crippen MR) is 59.8 cm³/mol. The first-order valence-electron chi connectivity index (χ1n) is 6.10. The molecule has 0 aromatic heterocycles. The van der Waals surface area contributed by atoms with Crippen LogP contribution in [0.2, 0.25) is 0 Å². The van der Waals surface area contributed by atoms with Crippen molar-refractivity contribution in [3.05, 3.63) is 0 Å². The van der Waals surface area contributed by atoms with Crippen molar-refractivity contribution in [1.82, 2.24) is 9.80 Å². The number of alkyl halides is 3. The molecule has 0 radical (unpaired) electrons. The molecule has 1 aliphatic heterocycles. The normalized spacial score (nSPS) is 22.4. The van der Waals surface area contributed by atoms with Crippen molar-refractivity contribution in [3.8, 4) is 0 Å². The fourth-order valence-corrected chi connectivity index (χ4v) is 2.05. The summed E-state index contributed by atoms with van der Waals surface area (Å²) in [7, 11) is 0. The van der Waals surface area contributed by atoms with E-state index >= 15 is 0 Å². The number of aliphatic hydroxyl groups excluding tert-OH is 1. The number of rotatable bonds is 4. The van der Waals surface area contributed by atoms with Gasteiger partial charge < -0.3 is 5.11 Å². The van der Waals surface area contributed by atoms with Crippen LogP contribution >= 0.6 is 0 Å². The Labute approximate surface area is 100 Å². The second kappa shape index (κ2) is 6.56. The molecule has 1 atom stereocenters. The fourth-order valence-electron chi connectivity index (χ4n) is 2.05. The van der Waals surface area contributed by atoms with Gasteiger partial charge in [0.1, 0.15) is 0 Å². The van der Waals surface area contributed by atoms with Crippen molar-refractivity contribution in [2.45, 2.75) is 32.0 Å². The van der Waals surface area contributed by atoms with E-state index in [1.165, 1.54) is 4.90 Å². The van der Waals surface area contributed by atoms with Crippen LogP contribution in [0.25, 0.3) is 0 Å².